The van der Waals surface area contributed by atoms with E-state index in [9.17, 15) is 4.79 Å². The third-order valence-electron chi connectivity index (χ3n) is 4.02. The fraction of sp³-hybridized carbons (Fsp3) is 0.533. The number of nitrogens with zero attached hydrogens (tertiary/aromatic N) is 1. The standard InChI is InChI=1S/C15H20N2O/c18-15(14-8-3-9-16-14)17-10-4-7-12-5-1-2-6-13(12)11-17/h1-2,5-6,14,16H,3-4,7-11H2. The number of nitrogens with one attached hydrogen (secondary N) is 1. The maximum absolute atomic E-state index is 12.4. The van der Waals surface area contributed by atoms with Gasteiger partial charge in [0.2, 0.25) is 5.91 Å². The number of amides is 1. The van der Waals surface area contributed by atoms with Crippen LogP contribution in [0.2, 0.25) is 0 Å². The fourth-order valence-corrected chi connectivity index (χ4v) is 3.00. The summed E-state index contributed by atoms with van der Waals surface area (Å²) in [6, 6.07) is 8.57. The average Bonchev–Trinajstić information content (AvgIpc) is 2.84. The van der Waals surface area contributed by atoms with Crippen LogP contribution in [0.5, 0.6) is 0 Å². The normalized spacial score (nSPS) is 23.6. The van der Waals surface area contributed by atoms with Crippen LogP contribution in [-0.4, -0.2) is 29.9 Å². The second-order valence-corrected chi connectivity index (χ2v) is 5.28. The Balaban J connectivity index is 1.76. The molecule has 3 rings (SSSR count). The molecule has 1 fully saturated rings. The van der Waals surface area contributed by atoms with E-state index in [1.54, 1.807) is 0 Å². The zero-order chi connectivity index (χ0) is 12.4. The van der Waals surface area contributed by atoms with Crippen LogP contribution in [0.1, 0.15) is 30.4 Å². The van der Waals surface area contributed by atoms with Crippen LogP contribution in [0.4, 0.5) is 0 Å². The molecule has 1 unspecified atom stereocenters. The molecular formula is C15H20N2O. The van der Waals surface area contributed by atoms with Crippen molar-refractivity contribution in [3.05, 3.63) is 35.4 Å². The third kappa shape index (κ3) is 2.27. The quantitative estimate of drug-likeness (QED) is 0.815. The van der Waals surface area contributed by atoms with Crippen molar-refractivity contribution < 1.29 is 4.79 Å². The van der Waals surface area contributed by atoms with E-state index in [2.05, 4.69) is 29.6 Å². The molecule has 3 heteroatoms. The molecule has 2 aliphatic rings. The Morgan fingerprint density at radius 3 is 2.83 bits per heavy atom. The molecule has 1 N–H and O–H groups in total. The van der Waals surface area contributed by atoms with E-state index in [1.807, 2.05) is 4.90 Å². The summed E-state index contributed by atoms with van der Waals surface area (Å²) in [5.41, 5.74) is 2.73. The Hall–Kier alpha value is -1.35. The predicted molar refractivity (Wildman–Crippen MR) is 71.2 cm³/mol. The SMILES string of the molecule is O=C(C1CCCN1)N1CCCc2ccccc2C1. The molecule has 1 aromatic rings. The molecule has 18 heavy (non-hydrogen) atoms. The van der Waals surface area contributed by atoms with Gasteiger partial charge in [-0.25, -0.2) is 0 Å². The van der Waals surface area contributed by atoms with Crippen molar-refractivity contribution in [1.82, 2.24) is 10.2 Å². The van der Waals surface area contributed by atoms with Gasteiger partial charge in [-0.3, -0.25) is 4.79 Å². The van der Waals surface area contributed by atoms with E-state index in [-0.39, 0.29) is 6.04 Å². The van der Waals surface area contributed by atoms with Gasteiger partial charge in [0, 0.05) is 13.1 Å². The van der Waals surface area contributed by atoms with Crippen LogP contribution in [0.25, 0.3) is 0 Å². The van der Waals surface area contributed by atoms with Crippen LogP contribution >= 0.6 is 0 Å². The fourth-order valence-electron chi connectivity index (χ4n) is 3.00. The Kier molecular flexibility index (Phi) is 3.33. The number of hydrogen-bond donors (Lipinski definition) is 1. The highest BCUT2D eigenvalue weighted by Crippen LogP contribution is 2.20. The largest absolute Gasteiger partial charge is 0.337 e. The van der Waals surface area contributed by atoms with E-state index in [0.717, 1.165) is 45.3 Å². The van der Waals surface area contributed by atoms with Crippen molar-refractivity contribution in [2.75, 3.05) is 13.1 Å². The summed E-state index contributed by atoms with van der Waals surface area (Å²) in [7, 11) is 0. The van der Waals surface area contributed by atoms with Crippen LogP contribution in [0.3, 0.4) is 0 Å². The first-order valence-electron chi connectivity index (χ1n) is 6.93. The number of rotatable bonds is 1. The molecule has 1 saturated heterocycles. The van der Waals surface area contributed by atoms with E-state index < -0.39 is 0 Å². The van der Waals surface area contributed by atoms with Gasteiger partial charge in [0.25, 0.3) is 0 Å². The molecule has 0 bridgehead atoms. The molecule has 0 aliphatic carbocycles. The predicted octanol–water partition coefficient (Wildman–Crippen LogP) is 1.71. The molecule has 2 aliphatic heterocycles. The number of hydrogen-bond acceptors (Lipinski definition) is 2. The van der Waals surface area contributed by atoms with Gasteiger partial charge in [0.1, 0.15) is 0 Å². The molecule has 1 aromatic carbocycles. The van der Waals surface area contributed by atoms with Crippen LogP contribution in [0.15, 0.2) is 24.3 Å². The maximum atomic E-state index is 12.4. The minimum absolute atomic E-state index is 0.0651. The Bertz CT molecular complexity index is 438. The highest BCUT2D eigenvalue weighted by molar-refractivity contribution is 5.82. The van der Waals surface area contributed by atoms with Gasteiger partial charge in [-0.2, -0.15) is 0 Å². The molecule has 0 aromatic heterocycles. The first-order chi connectivity index (χ1) is 8.84. The first kappa shape index (κ1) is 11.7. The highest BCUT2D eigenvalue weighted by atomic mass is 16.2. The molecule has 0 saturated carbocycles. The monoisotopic (exact) mass is 244 g/mol. The van der Waals surface area contributed by atoms with Crippen LogP contribution < -0.4 is 5.32 Å². The number of carbonyl (C=O) groups is 1. The summed E-state index contributed by atoms with van der Waals surface area (Å²) in [5, 5.41) is 3.31. The smallest absolute Gasteiger partial charge is 0.240 e. The number of carbonyl (C=O) groups excluding carboxylic acids is 1. The van der Waals surface area contributed by atoms with Crippen molar-refractivity contribution in [1.29, 1.82) is 0 Å². The summed E-state index contributed by atoms with van der Waals surface area (Å²) in [6.45, 7) is 2.67. The Labute approximate surface area is 108 Å². The number of aryl methyl sites for hydroxylation is 1. The zero-order valence-electron chi connectivity index (χ0n) is 10.7. The molecule has 1 atom stereocenters. The van der Waals surface area contributed by atoms with Gasteiger partial charge in [0.05, 0.1) is 6.04 Å². The highest BCUT2D eigenvalue weighted by Gasteiger charge is 2.27. The molecule has 0 spiro atoms. The van der Waals surface area contributed by atoms with E-state index >= 15 is 0 Å². The topological polar surface area (TPSA) is 32.3 Å². The van der Waals surface area contributed by atoms with Crippen LogP contribution in [0, 0.1) is 0 Å². The van der Waals surface area contributed by atoms with Crippen molar-refractivity contribution in [2.45, 2.75) is 38.3 Å². The molecule has 96 valence electrons. The van der Waals surface area contributed by atoms with E-state index in [0.29, 0.717) is 5.91 Å². The first-order valence-corrected chi connectivity index (χ1v) is 6.93. The molecule has 0 radical (unpaired) electrons. The summed E-state index contributed by atoms with van der Waals surface area (Å²) < 4.78 is 0. The lowest BCUT2D eigenvalue weighted by Crippen LogP contribution is -2.43. The summed E-state index contributed by atoms with van der Waals surface area (Å²) in [4.78, 5) is 14.5. The summed E-state index contributed by atoms with van der Waals surface area (Å²) in [5.74, 6) is 0.296. The van der Waals surface area contributed by atoms with Gasteiger partial charge >= 0.3 is 0 Å². The zero-order valence-corrected chi connectivity index (χ0v) is 10.7. The third-order valence-corrected chi connectivity index (χ3v) is 4.02. The molecule has 3 nitrogen and oxygen atoms in total. The molecule has 2 heterocycles. The van der Waals surface area contributed by atoms with Gasteiger partial charge in [-0.05, 0) is 43.4 Å². The Morgan fingerprint density at radius 1 is 1.22 bits per heavy atom. The maximum Gasteiger partial charge on any atom is 0.240 e. The molecular weight excluding hydrogens is 224 g/mol. The number of benzene rings is 1. The minimum atomic E-state index is 0.0651. The van der Waals surface area contributed by atoms with Gasteiger partial charge in [-0.15, -0.1) is 0 Å². The van der Waals surface area contributed by atoms with Gasteiger partial charge in [0.15, 0.2) is 0 Å². The lowest BCUT2D eigenvalue weighted by Gasteiger charge is -2.24. The van der Waals surface area contributed by atoms with Crippen LogP contribution in [-0.2, 0) is 17.8 Å². The van der Waals surface area contributed by atoms with Crippen molar-refractivity contribution in [3.63, 3.8) is 0 Å². The van der Waals surface area contributed by atoms with Crippen molar-refractivity contribution >= 4 is 5.91 Å². The second kappa shape index (κ2) is 5.11. The minimum Gasteiger partial charge on any atom is -0.337 e. The van der Waals surface area contributed by atoms with E-state index in [1.165, 1.54) is 11.1 Å². The van der Waals surface area contributed by atoms with Crippen molar-refractivity contribution in [3.8, 4) is 0 Å². The second-order valence-electron chi connectivity index (χ2n) is 5.28. The average molecular weight is 244 g/mol. The lowest BCUT2D eigenvalue weighted by atomic mass is 10.0. The van der Waals surface area contributed by atoms with Crippen molar-refractivity contribution in [2.24, 2.45) is 0 Å². The molecule has 1 amide bonds. The summed E-state index contributed by atoms with van der Waals surface area (Å²) in [6.07, 6.45) is 4.30. The van der Waals surface area contributed by atoms with Gasteiger partial charge in [-0.1, -0.05) is 24.3 Å². The summed E-state index contributed by atoms with van der Waals surface area (Å²) >= 11 is 0. The van der Waals surface area contributed by atoms with Gasteiger partial charge < -0.3 is 10.2 Å². The van der Waals surface area contributed by atoms with E-state index in [4.69, 9.17) is 0 Å². The number of fused-ring (bicyclic) bond motifs is 1. The Morgan fingerprint density at radius 2 is 2.06 bits per heavy atom. The lowest BCUT2D eigenvalue weighted by molar-refractivity contribution is -0.133.